The average Bonchev–Trinajstić information content (AvgIpc) is 3.06. The Hall–Kier alpha value is -3.00. The van der Waals surface area contributed by atoms with E-state index in [9.17, 15) is 5.26 Å². The number of nitriles is 1. The van der Waals surface area contributed by atoms with Gasteiger partial charge in [0, 0.05) is 26.5 Å². The first-order valence-electron chi connectivity index (χ1n) is 6.56. The molecule has 0 aromatic carbocycles. The number of rotatable bonds is 2. The molecule has 0 radical (unpaired) electrons. The van der Waals surface area contributed by atoms with Gasteiger partial charge in [0.2, 0.25) is 0 Å². The summed E-state index contributed by atoms with van der Waals surface area (Å²) < 4.78 is 3.90. The summed E-state index contributed by atoms with van der Waals surface area (Å²) in [6, 6.07) is 11.7. The summed E-state index contributed by atoms with van der Waals surface area (Å²) in [5, 5.41) is 9.38. The molecule has 0 bridgehead atoms. The van der Waals surface area contributed by atoms with Gasteiger partial charge in [-0.15, -0.1) is 0 Å². The lowest BCUT2D eigenvalue weighted by molar-refractivity contribution is 0.921. The first kappa shape index (κ1) is 13.0. The molecule has 3 heterocycles. The molecule has 3 aromatic heterocycles. The SMILES string of the molecule is Cn1cccc1-c1cc(N)c(C#N)c(-c2cccn2C)n1. The standard InChI is InChI=1S/C16H15N5/c1-20-7-3-5-14(20)13-9-12(18)11(10-17)16(19-13)15-6-4-8-21(15)2/h3-9H,1-2H3,(H2,18,19). The molecule has 5 heteroatoms. The molecule has 0 aliphatic carbocycles. The molecule has 0 fully saturated rings. The van der Waals surface area contributed by atoms with E-state index in [1.165, 1.54) is 0 Å². The van der Waals surface area contributed by atoms with Crippen LogP contribution in [0.4, 0.5) is 5.69 Å². The Kier molecular flexibility index (Phi) is 2.99. The minimum absolute atomic E-state index is 0.412. The van der Waals surface area contributed by atoms with Gasteiger partial charge in [-0.05, 0) is 30.3 Å². The quantitative estimate of drug-likeness (QED) is 0.782. The van der Waals surface area contributed by atoms with E-state index < -0.39 is 0 Å². The van der Waals surface area contributed by atoms with Gasteiger partial charge in [0.05, 0.1) is 22.8 Å². The van der Waals surface area contributed by atoms with Crippen molar-refractivity contribution in [3.05, 3.63) is 48.3 Å². The second kappa shape index (κ2) is 4.84. The zero-order chi connectivity index (χ0) is 15.0. The molecule has 5 nitrogen and oxygen atoms in total. The lowest BCUT2D eigenvalue weighted by Crippen LogP contribution is -2.03. The number of nitrogen functional groups attached to an aromatic ring is 1. The van der Waals surface area contributed by atoms with E-state index in [2.05, 4.69) is 11.1 Å². The summed E-state index contributed by atoms with van der Waals surface area (Å²) in [6.07, 6.45) is 3.87. The largest absolute Gasteiger partial charge is 0.398 e. The van der Waals surface area contributed by atoms with Crippen molar-refractivity contribution in [2.24, 2.45) is 14.1 Å². The summed E-state index contributed by atoms with van der Waals surface area (Å²) in [6.45, 7) is 0. The van der Waals surface area contributed by atoms with Gasteiger partial charge < -0.3 is 14.9 Å². The van der Waals surface area contributed by atoms with Gasteiger partial charge in [-0.1, -0.05) is 0 Å². The molecule has 2 N–H and O–H groups in total. The third-order valence-electron chi connectivity index (χ3n) is 3.55. The fourth-order valence-electron chi connectivity index (χ4n) is 2.43. The van der Waals surface area contributed by atoms with Gasteiger partial charge in [-0.25, -0.2) is 4.98 Å². The molecule has 3 rings (SSSR count). The van der Waals surface area contributed by atoms with E-state index in [0.717, 1.165) is 17.1 Å². The van der Waals surface area contributed by atoms with E-state index in [1.54, 1.807) is 6.07 Å². The fourth-order valence-corrected chi connectivity index (χ4v) is 2.43. The molecular weight excluding hydrogens is 262 g/mol. The molecule has 3 aromatic rings. The van der Waals surface area contributed by atoms with Crippen LogP contribution in [0, 0.1) is 11.3 Å². The van der Waals surface area contributed by atoms with Crippen LogP contribution in [0.15, 0.2) is 42.7 Å². The summed E-state index contributed by atoms with van der Waals surface area (Å²) >= 11 is 0. The second-order valence-electron chi connectivity index (χ2n) is 4.94. The Labute approximate surface area is 122 Å². The number of nitrogens with zero attached hydrogens (tertiary/aromatic N) is 4. The highest BCUT2D eigenvalue weighted by molar-refractivity contribution is 5.76. The zero-order valence-electron chi connectivity index (χ0n) is 11.9. The highest BCUT2D eigenvalue weighted by Crippen LogP contribution is 2.30. The minimum atomic E-state index is 0.412. The van der Waals surface area contributed by atoms with E-state index in [4.69, 9.17) is 5.73 Å². The zero-order valence-corrected chi connectivity index (χ0v) is 11.9. The molecule has 0 saturated carbocycles. The normalized spacial score (nSPS) is 10.5. The molecule has 0 saturated heterocycles. The smallest absolute Gasteiger partial charge is 0.107 e. The molecule has 21 heavy (non-hydrogen) atoms. The highest BCUT2D eigenvalue weighted by atomic mass is 15.0. The minimum Gasteiger partial charge on any atom is -0.398 e. The van der Waals surface area contributed by atoms with Crippen LogP contribution >= 0.6 is 0 Å². The topological polar surface area (TPSA) is 72.6 Å². The molecular formula is C16H15N5. The van der Waals surface area contributed by atoms with E-state index >= 15 is 0 Å². The maximum atomic E-state index is 9.38. The van der Waals surface area contributed by atoms with Crippen LogP contribution in [0.25, 0.3) is 22.8 Å². The maximum absolute atomic E-state index is 9.38. The number of aryl methyl sites for hydroxylation is 2. The summed E-state index contributed by atoms with van der Waals surface area (Å²) in [4.78, 5) is 4.67. The van der Waals surface area contributed by atoms with Gasteiger partial charge >= 0.3 is 0 Å². The van der Waals surface area contributed by atoms with Crippen LogP contribution in [0.3, 0.4) is 0 Å². The van der Waals surface area contributed by atoms with Crippen LogP contribution in [-0.4, -0.2) is 14.1 Å². The predicted octanol–water partition coefficient (Wildman–Crippen LogP) is 2.55. The summed E-state index contributed by atoms with van der Waals surface area (Å²) in [5.41, 5.74) is 10.1. The molecule has 0 aliphatic rings. The Balaban J connectivity index is 2.29. The van der Waals surface area contributed by atoms with Crippen LogP contribution in [0.5, 0.6) is 0 Å². The average molecular weight is 277 g/mol. The Morgan fingerprint density at radius 2 is 1.71 bits per heavy atom. The van der Waals surface area contributed by atoms with E-state index in [1.807, 2.05) is 59.9 Å². The monoisotopic (exact) mass is 277 g/mol. The van der Waals surface area contributed by atoms with Gasteiger partial charge in [-0.2, -0.15) is 5.26 Å². The third kappa shape index (κ3) is 2.07. The summed E-state index contributed by atoms with van der Waals surface area (Å²) in [7, 11) is 3.87. The first-order chi connectivity index (χ1) is 10.1. The van der Waals surface area contributed by atoms with Crippen LogP contribution in [0.2, 0.25) is 0 Å². The lowest BCUT2D eigenvalue weighted by atomic mass is 10.1. The van der Waals surface area contributed by atoms with Crippen LogP contribution in [-0.2, 0) is 14.1 Å². The van der Waals surface area contributed by atoms with E-state index in [-0.39, 0.29) is 0 Å². The molecule has 0 spiro atoms. The Morgan fingerprint density at radius 3 is 2.24 bits per heavy atom. The number of anilines is 1. The molecule has 0 unspecified atom stereocenters. The van der Waals surface area contributed by atoms with Crippen molar-refractivity contribution in [2.75, 3.05) is 5.73 Å². The fraction of sp³-hybridized carbons (Fsp3) is 0.125. The molecule has 104 valence electrons. The lowest BCUT2D eigenvalue weighted by Gasteiger charge is -2.11. The molecule has 0 atom stereocenters. The van der Waals surface area contributed by atoms with Crippen molar-refractivity contribution in [3.63, 3.8) is 0 Å². The predicted molar refractivity (Wildman–Crippen MR) is 82.2 cm³/mol. The van der Waals surface area contributed by atoms with E-state index in [0.29, 0.717) is 16.9 Å². The summed E-state index contributed by atoms with van der Waals surface area (Å²) in [5.74, 6) is 0. The number of aromatic nitrogens is 3. The molecule has 0 aliphatic heterocycles. The van der Waals surface area contributed by atoms with Gasteiger partial charge in [-0.3, -0.25) is 0 Å². The number of pyridine rings is 1. The highest BCUT2D eigenvalue weighted by Gasteiger charge is 2.16. The second-order valence-corrected chi connectivity index (χ2v) is 4.94. The maximum Gasteiger partial charge on any atom is 0.107 e. The van der Waals surface area contributed by atoms with Crippen LogP contribution < -0.4 is 5.73 Å². The van der Waals surface area contributed by atoms with Crippen molar-refractivity contribution in [1.82, 2.24) is 14.1 Å². The van der Waals surface area contributed by atoms with Crippen molar-refractivity contribution in [2.45, 2.75) is 0 Å². The first-order valence-corrected chi connectivity index (χ1v) is 6.56. The Bertz CT molecular complexity index is 848. The Morgan fingerprint density at radius 1 is 1.10 bits per heavy atom. The van der Waals surface area contributed by atoms with Crippen molar-refractivity contribution >= 4 is 5.69 Å². The van der Waals surface area contributed by atoms with Crippen LogP contribution in [0.1, 0.15) is 5.56 Å². The van der Waals surface area contributed by atoms with Crippen molar-refractivity contribution in [3.8, 4) is 28.8 Å². The van der Waals surface area contributed by atoms with Gasteiger partial charge in [0.1, 0.15) is 17.3 Å². The number of nitrogens with two attached hydrogens (primary N) is 1. The number of hydrogen-bond donors (Lipinski definition) is 1. The van der Waals surface area contributed by atoms with Gasteiger partial charge in [0.15, 0.2) is 0 Å². The number of hydrogen-bond acceptors (Lipinski definition) is 3. The van der Waals surface area contributed by atoms with Crippen molar-refractivity contribution < 1.29 is 0 Å². The third-order valence-corrected chi connectivity index (χ3v) is 3.55. The van der Waals surface area contributed by atoms with Gasteiger partial charge in [0.25, 0.3) is 0 Å². The molecule has 0 amide bonds. The van der Waals surface area contributed by atoms with Crippen molar-refractivity contribution in [1.29, 1.82) is 5.26 Å².